The highest BCUT2D eigenvalue weighted by Gasteiger charge is 2.08. The van der Waals surface area contributed by atoms with Crippen LogP contribution in [0.5, 0.6) is 0 Å². The molecule has 0 amide bonds. The average molecular weight is 242 g/mol. The molecule has 0 radical (unpaired) electrons. The number of H-pyrrole nitrogens is 1. The standard InChI is InChI=1S/C12H14N6/c1-8-4-9-11(14-5-8)17-12(16-9)10-6-18(3-2-13)7-15-10/h4-7H,2-3,13H2,1H3,(H,14,16,17). The molecule has 0 saturated heterocycles. The smallest absolute Gasteiger partial charge is 0.178 e. The Morgan fingerprint density at radius 1 is 1.39 bits per heavy atom. The Kier molecular flexibility index (Phi) is 2.56. The summed E-state index contributed by atoms with van der Waals surface area (Å²) in [6.45, 7) is 3.35. The van der Waals surface area contributed by atoms with Gasteiger partial charge in [0, 0.05) is 25.5 Å². The summed E-state index contributed by atoms with van der Waals surface area (Å²) in [4.78, 5) is 16.2. The number of fused-ring (bicyclic) bond motifs is 1. The molecule has 0 atom stereocenters. The van der Waals surface area contributed by atoms with E-state index in [4.69, 9.17) is 5.73 Å². The van der Waals surface area contributed by atoms with Crippen LogP contribution in [0.3, 0.4) is 0 Å². The Morgan fingerprint density at radius 2 is 2.28 bits per heavy atom. The minimum atomic E-state index is 0.594. The number of aryl methyl sites for hydroxylation is 1. The van der Waals surface area contributed by atoms with Gasteiger partial charge >= 0.3 is 0 Å². The van der Waals surface area contributed by atoms with Crippen molar-refractivity contribution in [3.63, 3.8) is 0 Å². The van der Waals surface area contributed by atoms with Gasteiger partial charge in [0.05, 0.1) is 11.8 Å². The van der Waals surface area contributed by atoms with Crippen molar-refractivity contribution in [2.24, 2.45) is 5.73 Å². The van der Waals surface area contributed by atoms with Gasteiger partial charge in [-0.25, -0.2) is 15.0 Å². The summed E-state index contributed by atoms with van der Waals surface area (Å²) in [6, 6.07) is 2.02. The fourth-order valence-corrected chi connectivity index (χ4v) is 1.88. The molecule has 92 valence electrons. The van der Waals surface area contributed by atoms with Crippen LogP contribution >= 0.6 is 0 Å². The molecule has 3 heterocycles. The van der Waals surface area contributed by atoms with Crippen molar-refractivity contribution in [3.05, 3.63) is 30.4 Å². The number of nitrogens with one attached hydrogen (secondary N) is 1. The predicted molar refractivity (Wildman–Crippen MR) is 68.9 cm³/mol. The molecule has 0 aliphatic heterocycles. The number of nitrogens with zero attached hydrogens (tertiary/aromatic N) is 4. The molecule has 6 nitrogen and oxygen atoms in total. The van der Waals surface area contributed by atoms with Gasteiger partial charge < -0.3 is 15.3 Å². The van der Waals surface area contributed by atoms with E-state index in [0.717, 1.165) is 29.1 Å². The van der Waals surface area contributed by atoms with Gasteiger partial charge in [0.25, 0.3) is 0 Å². The first-order valence-corrected chi connectivity index (χ1v) is 5.81. The number of rotatable bonds is 3. The molecule has 18 heavy (non-hydrogen) atoms. The maximum absolute atomic E-state index is 5.50. The van der Waals surface area contributed by atoms with Crippen molar-refractivity contribution in [2.75, 3.05) is 6.54 Å². The Morgan fingerprint density at radius 3 is 3.11 bits per heavy atom. The maximum atomic E-state index is 5.50. The summed E-state index contributed by atoms with van der Waals surface area (Å²) >= 11 is 0. The fraction of sp³-hybridized carbons (Fsp3) is 0.250. The number of nitrogens with two attached hydrogens (primary N) is 1. The molecule has 0 fully saturated rings. The summed E-state index contributed by atoms with van der Waals surface area (Å²) < 4.78 is 1.95. The second kappa shape index (κ2) is 4.23. The molecule has 0 aliphatic carbocycles. The number of hydrogen-bond acceptors (Lipinski definition) is 4. The molecule has 0 saturated carbocycles. The lowest BCUT2D eigenvalue weighted by Crippen LogP contribution is -2.07. The summed E-state index contributed by atoms with van der Waals surface area (Å²) in [5.41, 5.74) is 9.05. The van der Waals surface area contributed by atoms with E-state index in [9.17, 15) is 0 Å². The van der Waals surface area contributed by atoms with Crippen molar-refractivity contribution >= 4 is 11.2 Å². The molecule has 0 aromatic carbocycles. The van der Waals surface area contributed by atoms with E-state index < -0.39 is 0 Å². The zero-order valence-corrected chi connectivity index (χ0v) is 10.1. The first kappa shape index (κ1) is 10.9. The van der Waals surface area contributed by atoms with Crippen molar-refractivity contribution in [1.82, 2.24) is 24.5 Å². The van der Waals surface area contributed by atoms with Crippen LogP contribution in [0.1, 0.15) is 5.56 Å². The summed E-state index contributed by atoms with van der Waals surface area (Å²) in [6.07, 6.45) is 5.49. The number of pyridine rings is 1. The first-order chi connectivity index (χ1) is 8.76. The molecule has 3 aromatic heterocycles. The normalized spacial score (nSPS) is 11.2. The minimum Gasteiger partial charge on any atom is -0.335 e. The van der Waals surface area contributed by atoms with Gasteiger partial charge in [-0.3, -0.25) is 0 Å². The second-order valence-electron chi connectivity index (χ2n) is 4.25. The Labute approximate surface area is 104 Å². The SMILES string of the molecule is Cc1cnc2nc(-c3cn(CCN)cn3)[nH]c2c1. The van der Waals surface area contributed by atoms with E-state index >= 15 is 0 Å². The van der Waals surface area contributed by atoms with Gasteiger partial charge in [-0.05, 0) is 18.6 Å². The lowest BCUT2D eigenvalue weighted by atomic mass is 10.3. The molecule has 6 heteroatoms. The first-order valence-electron chi connectivity index (χ1n) is 5.81. The van der Waals surface area contributed by atoms with Gasteiger partial charge in [0.2, 0.25) is 0 Å². The summed E-state index contributed by atoms with van der Waals surface area (Å²) in [7, 11) is 0. The van der Waals surface area contributed by atoms with Gasteiger partial charge in [-0.1, -0.05) is 0 Å². The van der Waals surface area contributed by atoms with Crippen LogP contribution in [-0.2, 0) is 6.54 Å². The third kappa shape index (κ3) is 1.86. The third-order valence-corrected chi connectivity index (χ3v) is 2.74. The van der Waals surface area contributed by atoms with Crippen molar-refractivity contribution < 1.29 is 0 Å². The highest BCUT2D eigenvalue weighted by Crippen LogP contribution is 2.17. The fourth-order valence-electron chi connectivity index (χ4n) is 1.88. The maximum Gasteiger partial charge on any atom is 0.178 e. The van der Waals surface area contributed by atoms with E-state index in [0.29, 0.717) is 12.2 Å². The second-order valence-corrected chi connectivity index (χ2v) is 4.25. The van der Waals surface area contributed by atoms with Gasteiger partial charge in [-0.2, -0.15) is 0 Å². The molecular formula is C12H14N6. The van der Waals surface area contributed by atoms with E-state index in [1.807, 2.05) is 23.8 Å². The lowest BCUT2D eigenvalue weighted by Gasteiger charge is -1.94. The zero-order chi connectivity index (χ0) is 12.5. The van der Waals surface area contributed by atoms with Crippen LogP contribution in [0.4, 0.5) is 0 Å². The number of imidazole rings is 2. The highest BCUT2D eigenvalue weighted by atomic mass is 15.1. The Hall–Kier alpha value is -2.21. The topological polar surface area (TPSA) is 85.4 Å². The summed E-state index contributed by atoms with van der Waals surface area (Å²) in [5, 5.41) is 0. The molecule has 0 aliphatic rings. The van der Waals surface area contributed by atoms with E-state index in [1.165, 1.54) is 0 Å². The van der Waals surface area contributed by atoms with E-state index in [2.05, 4.69) is 19.9 Å². The van der Waals surface area contributed by atoms with E-state index in [1.54, 1.807) is 12.5 Å². The largest absolute Gasteiger partial charge is 0.335 e. The monoisotopic (exact) mass is 242 g/mol. The van der Waals surface area contributed by atoms with Crippen LogP contribution in [-0.4, -0.2) is 31.0 Å². The predicted octanol–water partition coefficient (Wildman–Crippen LogP) is 1.09. The van der Waals surface area contributed by atoms with Crippen molar-refractivity contribution in [2.45, 2.75) is 13.5 Å². The van der Waals surface area contributed by atoms with Gasteiger partial charge in [0.15, 0.2) is 11.5 Å². The number of aromatic nitrogens is 5. The van der Waals surface area contributed by atoms with Crippen LogP contribution in [0.2, 0.25) is 0 Å². The Balaban J connectivity index is 2.02. The number of hydrogen-bond donors (Lipinski definition) is 2. The average Bonchev–Trinajstić information content (AvgIpc) is 2.94. The van der Waals surface area contributed by atoms with Crippen molar-refractivity contribution in [1.29, 1.82) is 0 Å². The highest BCUT2D eigenvalue weighted by molar-refractivity contribution is 5.75. The molecule has 0 bridgehead atoms. The molecular weight excluding hydrogens is 228 g/mol. The molecule has 3 aromatic rings. The van der Waals surface area contributed by atoms with Gasteiger partial charge in [-0.15, -0.1) is 0 Å². The molecule has 0 spiro atoms. The Bertz CT molecular complexity index is 681. The van der Waals surface area contributed by atoms with Crippen molar-refractivity contribution in [3.8, 4) is 11.5 Å². The van der Waals surface area contributed by atoms with Gasteiger partial charge in [0.1, 0.15) is 5.69 Å². The van der Waals surface area contributed by atoms with Crippen LogP contribution in [0, 0.1) is 6.92 Å². The van der Waals surface area contributed by atoms with E-state index in [-0.39, 0.29) is 0 Å². The van der Waals surface area contributed by atoms with Crippen LogP contribution in [0.25, 0.3) is 22.7 Å². The summed E-state index contributed by atoms with van der Waals surface area (Å²) in [5.74, 6) is 0.735. The third-order valence-electron chi connectivity index (χ3n) is 2.74. The molecule has 0 unspecified atom stereocenters. The lowest BCUT2D eigenvalue weighted by molar-refractivity contribution is 0.708. The quantitative estimate of drug-likeness (QED) is 0.720. The number of aromatic amines is 1. The van der Waals surface area contributed by atoms with Crippen LogP contribution in [0.15, 0.2) is 24.8 Å². The molecule has 3 rings (SSSR count). The van der Waals surface area contributed by atoms with Crippen LogP contribution < -0.4 is 5.73 Å². The zero-order valence-electron chi connectivity index (χ0n) is 10.1. The molecule has 3 N–H and O–H groups in total. The minimum absolute atomic E-state index is 0.594.